The van der Waals surface area contributed by atoms with Crippen LogP contribution in [0, 0.1) is 32.6 Å². The van der Waals surface area contributed by atoms with Gasteiger partial charge in [-0.2, -0.15) is 8.42 Å². The average molecular weight is 422 g/mol. The van der Waals surface area contributed by atoms with Gasteiger partial charge in [-0.1, -0.05) is 22.9 Å². The van der Waals surface area contributed by atoms with E-state index in [4.69, 9.17) is 11.1 Å². The van der Waals surface area contributed by atoms with E-state index in [1.165, 1.54) is 24.3 Å². The minimum absolute atomic E-state index is 0.0651. The molecule has 0 heterocycles. The number of hydrogen-bond acceptors (Lipinski definition) is 9. The first-order valence-corrected chi connectivity index (χ1v) is 9.05. The van der Waals surface area contributed by atoms with E-state index in [9.17, 15) is 28.6 Å². The molecule has 0 radical (unpaired) electrons. The predicted octanol–water partition coefficient (Wildman–Crippen LogP) is 1.66. The SMILES string of the molecule is Cc1ccc(S(=O)(=O)ON(N=Cc2c([N+](=O)[O-])cccc2[N+](=O)[O-])C(=N)N)cc1. The Labute approximate surface area is 163 Å². The van der Waals surface area contributed by atoms with E-state index in [1.807, 2.05) is 0 Å². The van der Waals surface area contributed by atoms with Crippen LogP contribution in [0.1, 0.15) is 11.1 Å². The van der Waals surface area contributed by atoms with Crippen LogP contribution in [0.4, 0.5) is 11.4 Å². The topological polar surface area (TPSA) is 195 Å². The number of aryl methyl sites for hydroxylation is 1. The van der Waals surface area contributed by atoms with Crippen LogP contribution in [-0.4, -0.2) is 35.6 Å². The van der Waals surface area contributed by atoms with Crippen molar-refractivity contribution < 1.29 is 22.5 Å². The molecule has 0 aliphatic heterocycles. The minimum atomic E-state index is -4.45. The number of hydrogen-bond donors (Lipinski definition) is 2. The number of nitrogens with one attached hydrogen (secondary N) is 1. The fourth-order valence-corrected chi connectivity index (χ4v) is 2.92. The molecule has 0 atom stereocenters. The first-order chi connectivity index (χ1) is 13.5. The molecule has 29 heavy (non-hydrogen) atoms. The maximum atomic E-state index is 12.3. The number of nitrogens with two attached hydrogens (primary N) is 1. The zero-order valence-electron chi connectivity index (χ0n) is 14.8. The van der Waals surface area contributed by atoms with Crippen molar-refractivity contribution in [2.24, 2.45) is 10.8 Å². The van der Waals surface area contributed by atoms with Crippen molar-refractivity contribution in [2.45, 2.75) is 11.8 Å². The molecule has 2 aromatic carbocycles. The molecule has 0 amide bonds. The molecule has 2 rings (SSSR count). The molecule has 0 bridgehead atoms. The van der Waals surface area contributed by atoms with Crippen molar-refractivity contribution in [2.75, 3.05) is 0 Å². The molecule has 0 saturated heterocycles. The van der Waals surface area contributed by atoms with Crippen LogP contribution in [0.2, 0.25) is 0 Å². The summed E-state index contributed by atoms with van der Waals surface area (Å²) in [6, 6.07) is 8.61. The highest BCUT2D eigenvalue weighted by Crippen LogP contribution is 2.26. The second-order valence-corrected chi connectivity index (χ2v) is 7.00. The largest absolute Gasteiger partial charge is 0.367 e. The van der Waals surface area contributed by atoms with E-state index in [-0.39, 0.29) is 10.1 Å². The Bertz CT molecular complexity index is 1070. The Morgan fingerprint density at radius 2 is 1.66 bits per heavy atom. The number of nitrogens with zero attached hydrogens (tertiary/aromatic N) is 4. The Balaban J connectivity index is 2.43. The number of rotatable bonds is 7. The summed E-state index contributed by atoms with van der Waals surface area (Å²) in [5.74, 6) is -0.988. The normalized spacial score (nSPS) is 11.3. The average Bonchev–Trinajstić information content (AvgIpc) is 2.64. The summed E-state index contributed by atoms with van der Waals surface area (Å²) < 4.78 is 29.3. The molecular weight excluding hydrogens is 408 g/mol. The van der Waals surface area contributed by atoms with Gasteiger partial charge in [0.2, 0.25) is 5.96 Å². The van der Waals surface area contributed by atoms with Gasteiger partial charge < -0.3 is 5.73 Å². The van der Waals surface area contributed by atoms with Gasteiger partial charge >= 0.3 is 10.1 Å². The third-order valence-electron chi connectivity index (χ3n) is 3.43. The molecule has 152 valence electrons. The van der Waals surface area contributed by atoms with E-state index in [0.29, 0.717) is 6.21 Å². The number of benzene rings is 2. The zero-order chi connectivity index (χ0) is 21.8. The predicted molar refractivity (Wildman–Crippen MR) is 101 cm³/mol. The van der Waals surface area contributed by atoms with Crippen molar-refractivity contribution in [1.82, 2.24) is 5.17 Å². The second kappa shape index (κ2) is 8.41. The number of guanidine groups is 1. The summed E-state index contributed by atoms with van der Waals surface area (Å²) in [5.41, 5.74) is 4.17. The smallest absolute Gasteiger partial charge is 0.319 e. The molecule has 3 N–H and O–H groups in total. The van der Waals surface area contributed by atoms with Crippen molar-refractivity contribution in [3.05, 3.63) is 73.8 Å². The minimum Gasteiger partial charge on any atom is -0.367 e. The third-order valence-corrected chi connectivity index (χ3v) is 4.62. The van der Waals surface area contributed by atoms with Crippen molar-refractivity contribution in [3.8, 4) is 0 Å². The monoisotopic (exact) mass is 422 g/mol. The Morgan fingerprint density at radius 1 is 1.14 bits per heavy atom. The lowest BCUT2D eigenvalue weighted by atomic mass is 10.1. The van der Waals surface area contributed by atoms with E-state index in [2.05, 4.69) is 9.39 Å². The van der Waals surface area contributed by atoms with Gasteiger partial charge in [0.25, 0.3) is 11.4 Å². The second-order valence-electron chi connectivity index (χ2n) is 5.47. The first-order valence-electron chi connectivity index (χ1n) is 7.64. The summed E-state index contributed by atoms with van der Waals surface area (Å²) >= 11 is 0. The molecule has 2 aromatic rings. The molecule has 0 aliphatic carbocycles. The number of nitro groups is 2. The van der Waals surface area contributed by atoms with Gasteiger partial charge in [-0.25, -0.2) is 0 Å². The Morgan fingerprint density at radius 3 is 2.10 bits per heavy atom. The summed E-state index contributed by atoms with van der Waals surface area (Å²) in [7, 11) is -4.45. The highest BCUT2D eigenvalue weighted by molar-refractivity contribution is 7.86. The summed E-state index contributed by atoms with van der Waals surface area (Å²) in [5, 5.41) is 33.2. The zero-order valence-corrected chi connectivity index (χ0v) is 15.6. The first kappa shape index (κ1) is 21.4. The van der Waals surface area contributed by atoms with Gasteiger partial charge in [-0.15, -0.1) is 9.39 Å². The molecule has 13 nitrogen and oxygen atoms in total. The van der Waals surface area contributed by atoms with Crippen LogP contribution in [0.15, 0.2) is 52.5 Å². The molecule has 14 heteroatoms. The lowest BCUT2D eigenvalue weighted by Gasteiger charge is -2.15. The molecule has 0 fully saturated rings. The van der Waals surface area contributed by atoms with Crippen molar-refractivity contribution in [3.63, 3.8) is 0 Å². The summed E-state index contributed by atoms with van der Waals surface area (Å²) in [4.78, 5) is 20.2. The van der Waals surface area contributed by atoms with Crippen LogP contribution < -0.4 is 5.73 Å². The Kier molecular flexibility index (Phi) is 6.20. The number of hydrazone groups is 1. The molecule has 0 spiro atoms. The van der Waals surface area contributed by atoms with Crippen molar-refractivity contribution in [1.29, 1.82) is 5.41 Å². The van der Waals surface area contributed by atoms with Gasteiger partial charge in [0.05, 0.1) is 21.0 Å². The highest BCUT2D eigenvalue weighted by Gasteiger charge is 2.25. The quantitative estimate of drug-likeness (QED) is 0.288. The van der Waals surface area contributed by atoms with Crippen LogP contribution in [0.25, 0.3) is 0 Å². The number of nitro benzene ring substituents is 2. The van der Waals surface area contributed by atoms with Gasteiger partial charge in [0.15, 0.2) is 0 Å². The van der Waals surface area contributed by atoms with Gasteiger partial charge in [-0.3, -0.25) is 25.6 Å². The molecule has 0 unspecified atom stereocenters. The van der Waals surface area contributed by atoms with Gasteiger partial charge in [-0.05, 0) is 25.1 Å². The van der Waals surface area contributed by atoms with Crippen molar-refractivity contribution >= 4 is 33.7 Å². The fourth-order valence-electron chi connectivity index (χ4n) is 2.06. The van der Waals surface area contributed by atoms with E-state index < -0.39 is 42.9 Å². The van der Waals surface area contributed by atoms with Crippen LogP contribution in [0.3, 0.4) is 0 Å². The van der Waals surface area contributed by atoms with Gasteiger partial charge in [0, 0.05) is 12.1 Å². The molecule has 0 saturated carbocycles. The van der Waals surface area contributed by atoms with E-state index >= 15 is 0 Å². The number of hydroxylamine groups is 1. The summed E-state index contributed by atoms with van der Waals surface area (Å²) in [6.45, 7) is 1.74. The highest BCUT2D eigenvalue weighted by atomic mass is 32.2. The van der Waals surface area contributed by atoms with Crippen LogP contribution in [-0.2, 0) is 14.4 Å². The van der Waals surface area contributed by atoms with Crippen LogP contribution in [0.5, 0.6) is 0 Å². The van der Waals surface area contributed by atoms with Gasteiger partial charge in [0.1, 0.15) is 5.56 Å². The molecule has 0 aromatic heterocycles. The van der Waals surface area contributed by atoms with E-state index in [0.717, 1.165) is 23.8 Å². The standard InChI is InChI=1S/C15H14N6O7S/c1-10-5-7-11(8-6-10)29(26,27)28-19(15(16)17)18-9-12-13(20(22)23)3-2-4-14(12)21(24)25/h2-9H,1H3,(H3,16,17). The van der Waals surface area contributed by atoms with E-state index in [1.54, 1.807) is 6.92 Å². The summed E-state index contributed by atoms with van der Waals surface area (Å²) in [6.07, 6.45) is 0.613. The van der Waals surface area contributed by atoms with Crippen LogP contribution >= 0.6 is 0 Å². The lowest BCUT2D eigenvalue weighted by molar-refractivity contribution is -0.394. The molecular formula is C15H14N6O7S. The maximum absolute atomic E-state index is 12.3. The lowest BCUT2D eigenvalue weighted by Crippen LogP contribution is -2.34. The third kappa shape index (κ3) is 5.08. The molecule has 0 aliphatic rings. The maximum Gasteiger partial charge on any atom is 0.319 e. The fraction of sp³-hybridized carbons (Fsp3) is 0.0667. The Hall–Kier alpha value is -3.91.